The Morgan fingerprint density at radius 3 is 2.03 bits per heavy atom. The van der Waals surface area contributed by atoms with Gasteiger partial charge in [-0.1, -0.05) is 25.3 Å². The fraction of sp³-hybridized carbons (Fsp3) is 0.455. The summed E-state index contributed by atoms with van der Waals surface area (Å²) in [6.45, 7) is 0. The first kappa shape index (κ1) is 21.4. The minimum absolute atomic E-state index is 0.256. The van der Waals surface area contributed by atoms with E-state index in [-0.39, 0.29) is 6.04 Å². The summed E-state index contributed by atoms with van der Waals surface area (Å²) in [5.41, 5.74) is 1.60. The molecule has 0 unspecified atom stereocenters. The van der Waals surface area contributed by atoms with E-state index in [1.807, 2.05) is 29.4 Å². The van der Waals surface area contributed by atoms with Crippen molar-refractivity contribution in [2.45, 2.75) is 44.1 Å². The Morgan fingerprint density at radius 2 is 1.55 bits per heavy atom. The number of halogens is 1. The molecule has 0 amide bonds. The second kappa shape index (κ2) is 9.48. The smallest absolute Gasteiger partial charge is 0.336 e. The maximum atomic E-state index is 12.7. The summed E-state index contributed by atoms with van der Waals surface area (Å²) in [5.74, 6) is -0.841. The number of hydrogen-bond acceptors (Lipinski definition) is 6. The fourth-order valence-corrected chi connectivity index (χ4v) is 4.62. The highest BCUT2D eigenvalue weighted by Gasteiger charge is 2.37. The molecule has 1 heterocycles. The maximum Gasteiger partial charge on any atom is 0.336 e. The largest absolute Gasteiger partial charge is 0.496 e. The highest BCUT2D eigenvalue weighted by Crippen LogP contribution is 2.41. The van der Waals surface area contributed by atoms with Crippen molar-refractivity contribution in [2.75, 3.05) is 21.3 Å². The molecule has 29 heavy (non-hydrogen) atoms. The zero-order chi connectivity index (χ0) is 21.0. The molecule has 7 heteroatoms. The van der Waals surface area contributed by atoms with Crippen LogP contribution >= 0.6 is 15.9 Å². The highest BCUT2D eigenvalue weighted by atomic mass is 79.9. The molecule has 0 spiro atoms. The molecule has 3 rings (SSSR count). The van der Waals surface area contributed by atoms with Crippen molar-refractivity contribution in [1.29, 1.82) is 0 Å². The number of carbonyl (C=O) groups is 2. The predicted octanol–water partition coefficient (Wildman–Crippen LogP) is 4.30. The van der Waals surface area contributed by atoms with E-state index in [0.717, 1.165) is 35.7 Å². The normalized spacial score (nSPS) is 18.0. The van der Waals surface area contributed by atoms with Crippen LogP contribution in [-0.2, 0) is 19.1 Å². The van der Waals surface area contributed by atoms with Gasteiger partial charge in [-0.15, -0.1) is 0 Å². The third-order valence-corrected chi connectivity index (χ3v) is 6.17. The molecule has 0 saturated heterocycles. The van der Waals surface area contributed by atoms with Crippen molar-refractivity contribution >= 4 is 27.9 Å². The van der Waals surface area contributed by atoms with Crippen molar-refractivity contribution in [1.82, 2.24) is 4.90 Å². The Labute approximate surface area is 179 Å². The average Bonchev–Trinajstić information content (AvgIpc) is 2.77. The molecule has 0 aromatic heterocycles. The van der Waals surface area contributed by atoms with Crippen LogP contribution in [0.25, 0.3) is 0 Å². The van der Waals surface area contributed by atoms with Crippen molar-refractivity contribution in [2.24, 2.45) is 0 Å². The van der Waals surface area contributed by atoms with Gasteiger partial charge in [-0.3, -0.25) is 0 Å². The van der Waals surface area contributed by atoms with Crippen molar-refractivity contribution in [3.8, 4) is 5.75 Å². The first-order valence-electron chi connectivity index (χ1n) is 9.71. The standard InChI is InChI=1S/C22H26BrNO5/c1-27-19-10-9-14(11-18(19)23)20-16(21(25)28-2)12-24(13-17(20)22(26)29-3)15-7-5-4-6-8-15/h9-13,15,20H,4-8H2,1-3H3. The lowest BCUT2D eigenvalue weighted by molar-refractivity contribution is -0.137. The van der Waals surface area contributed by atoms with E-state index in [4.69, 9.17) is 14.2 Å². The lowest BCUT2D eigenvalue weighted by atomic mass is 9.82. The Hall–Kier alpha value is -2.28. The molecule has 156 valence electrons. The number of ether oxygens (including phenoxy) is 3. The first-order chi connectivity index (χ1) is 14.0. The summed E-state index contributed by atoms with van der Waals surface area (Å²) in [6, 6.07) is 5.76. The molecule has 1 aromatic carbocycles. The minimum atomic E-state index is -0.586. The number of esters is 2. The third kappa shape index (κ3) is 4.50. The van der Waals surface area contributed by atoms with Crippen LogP contribution in [0.1, 0.15) is 43.6 Å². The minimum Gasteiger partial charge on any atom is -0.496 e. The molecule has 1 aliphatic heterocycles. The Bertz CT molecular complexity index is 808. The number of hydrogen-bond donors (Lipinski definition) is 0. The Kier molecular flexibility index (Phi) is 7.00. The lowest BCUT2D eigenvalue weighted by Gasteiger charge is -2.36. The molecule has 1 saturated carbocycles. The summed E-state index contributed by atoms with van der Waals surface area (Å²) in [4.78, 5) is 27.4. The van der Waals surface area contributed by atoms with Gasteiger partial charge in [0.1, 0.15) is 5.75 Å². The molecule has 0 N–H and O–H groups in total. The van der Waals surface area contributed by atoms with E-state index in [9.17, 15) is 9.59 Å². The lowest BCUT2D eigenvalue weighted by Crippen LogP contribution is -2.35. The summed E-state index contributed by atoms with van der Waals surface area (Å²) >= 11 is 3.49. The Morgan fingerprint density at radius 1 is 0.966 bits per heavy atom. The van der Waals surface area contributed by atoms with Crippen LogP contribution in [0.2, 0.25) is 0 Å². The zero-order valence-electron chi connectivity index (χ0n) is 16.9. The van der Waals surface area contributed by atoms with Gasteiger partial charge in [-0.05, 0) is 46.5 Å². The van der Waals surface area contributed by atoms with Crippen LogP contribution in [0.3, 0.4) is 0 Å². The molecule has 0 atom stereocenters. The van der Waals surface area contributed by atoms with Crippen molar-refractivity contribution < 1.29 is 23.8 Å². The van der Waals surface area contributed by atoms with Gasteiger partial charge >= 0.3 is 11.9 Å². The number of nitrogens with zero attached hydrogens (tertiary/aromatic N) is 1. The van der Waals surface area contributed by atoms with E-state index in [2.05, 4.69) is 15.9 Å². The van der Waals surface area contributed by atoms with Crippen LogP contribution < -0.4 is 4.74 Å². The van der Waals surface area contributed by atoms with E-state index in [0.29, 0.717) is 16.9 Å². The molecule has 1 aliphatic carbocycles. The quantitative estimate of drug-likeness (QED) is 0.606. The van der Waals surface area contributed by atoms with E-state index in [1.165, 1.54) is 20.6 Å². The average molecular weight is 464 g/mol. The van der Waals surface area contributed by atoms with Crippen LogP contribution in [-0.4, -0.2) is 44.2 Å². The van der Waals surface area contributed by atoms with E-state index in [1.54, 1.807) is 13.2 Å². The molecule has 1 fully saturated rings. The predicted molar refractivity (Wildman–Crippen MR) is 112 cm³/mol. The van der Waals surface area contributed by atoms with Gasteiger partial charge in [0, 0.05) is 18.4 Å². The summed E-state index contributed by atoms with van der Waals surface area (Å²) < 4.78 is 16.2. The van der Waals surface area contributed by atoms with Gasteiger partial charge < -0.3 is 19.1 Å². The molecule has 2 aliphatic rings. The molecule has 1 aromatic rings. The molecule has 6 nitrogen and oxygen atoms in total. The highest BCUT2D eigenvalue weighted by molar-refractivity contribution is 9.10. The van der Waals surface area contributed by atoms with Gasteiger partial charge in [0.2, 0.25) is 0 Å². The number of rotatable bonds is 5. The fourth-order valence-electron chi connectivity index (χ4n) is 4.06. The summed E-state index contributed by atoms with van der Waals surface area (Å²) in [7, 11) is 4.29. The van der Waals surface area contributed by atoms with Crippen LogP contribution in [0.15, 0.2) is 46.2 Å². The van der Waals surface area contributed by atoms with E-state index >= 15 is 0 Å². The molecule has 0 radical (unpaired) electrons. The Balaban J connectivity index is 2.09. The topological polar surface area (TPSA) is 65.1 Å². The second-order valence-electron chi connectivity index (χ2n) is 7.22. The second-order valence-corrected chi connectivity index (χ2v) is 8.07. The number of carbonyl (C=O) groups excluding carboxylic acids is 2. The van der Waals surface area contributed by atoms with Gasteiger partial charge in [0.25, 0.3) is 0 Å². The molecular formula is C22H26BrNO5. The first-order valence-corrected chi connectivity index (χ1v) is 10.5. The van der Waals surface area contributed by atoms with Crippen LogP contribution in [0.4, 0.5) is 0 Å². The van der Waals surface area contributed by atoms with Crippen molar-refractivity contribution in [3.63, 3.8) is 0 Å². The summed E-state index contributed by atoms with van der Waals surface area (Å²) in [5, 5.41) is 0. The third-order valence-electron chi connectivity index (χ3n) is 5.55. The SMILES string of the molecule is COC(=O)C1=CN(C2CCCCC2)C=C(C(=O)OC)C1c1ccc(OC)c(Br)c1. The van der Waals surface area contributed by atoms with Gasteiger partial charge in [-0.25, -0.2) is 9.59 Å². The van der Waals surface area contributed by atoms with Gasteiger partial charge in [0.15, 0.2) is 0 Å². The van der Waals surface area contributed by atoms with Gasteiger partial charge in [-0.2, -0.15) is 0 Å². The van der Waals surface area contributed by atoms with Crippen LogP contribution in [0.5, 0.6) is 5.75 Å². The molecule has 0 bridgehead atoms. The number of benzene rings is 1. The van der Waals surface area contributed by atoms with Gasteiger partial charge in [0.05, 0.1) is 42.9 Å². The molecular weight excluding hydrogens is 438 g/mol. The number of methoxy groups -OCH3 is 3. The van der Waals surface area contributed by atoms with Crippen LogP contribution in [0, 0.1) is 0 Å². The zero-order valence-corrected chi connectivity index (χ0v) is 18.5. The monoisotopic (exact) mass is 463 g/mol. The maximum absolute atomic E-state index is 12.7. The summed E-state index contributed by atoms with van der Waals surface area (Å²) in [6.07, 6.45) is 9.20. The van der Waals surface area contributed by atoms with Crippen molar-refractivity contribution in [3.05, 3.63) is 51.8 Å². The van der Waals surface area contributed by atoms with E-state index < -0.39 is 17.9 Å².